The van der Waals surface area contributed by atoms with Gasteiger partial charge in [0, 0.05) is 11.0 Å². The predicted molar refractivity (Wildman–Crippen MR) is 59.4 cm³/mol. The van der Waals surface area contributed by atoms with E-state index in [1.807, 2.05) is 19.1 Å². The first-order chi connectivity index (χ1) is 8.08. The lowest BCUT2D eigenvalue weighted by atomic mass is 10.2. The van der Waals surface area contributed by atoms with E-state index in [1.165, 1.54) is 0 Å². The third kappa shape index (κ3) is 2.61. The molecule has 0 saturated carbocycles. The van der Waals surface area contributed by atoms with Crippen LogP contribution in [-0.4, -0.2) is 4.98 Å². The van der Waals surface area contributed by atoms with Crippen molar-refractivity contribution in [2.45, 2.75) is 16.8 Å². The van der Waals surface area contributed by atoms with Gasteiger partial charge in [0.15, 0.2) is 11.6 Å². The van der Waals surface area contributed by atoms with E-state index < -0.39 is 17.6 Å². The highest BCUT2D eigenvalue weighted by Crippen LogP contribution is 2.30. The van der Waals surface area contributed by atoms with Crippen molar-refractivity contribution in [1.82, 2.24) is 4.98 Å². The first-order valence-corrected chi connectivity index (χ1v) is 5.64. The third-order valence-electron chi connectivity index (χ3n) is 2.15. The number of nitrogens with zero attached hydrogens (tertiary/aromatic N) is 1. The minimum Gasteiger partial charge on any atom is -0.207 e. The summed E-state index contributed by atoms with van der Waals surface area (Å²) < 4.78 is 38.9. The van der Waals surface area contributed by atoms with E-state index in [1.54, 1.807) is 12.1 Å². The molecule has 17 heavy (non-hydrogen) atoms. The van der Waals surface area contributed by atoms with Crippen LogP contribution in [-0.2, 0) is 0 Å². The average molecular weight is 255 g/mol. The number of benzene rings is 1. The zero-order valence-corrected chi connectivity index (χ0v) is 9.69. The molecule has 1 aromatic carbocycles. The van der Waals surface area contributed by atoms with Gasteiger partial charge < -0.3 is 0 Å². The van der Waals surface area contributed by atoms with Gasteiger partial charge in [0.25, 0.3) is 0 Å². The van der Waals surface area contributed by atoms with Crippen molar-refractivity contribution in [2.24, 2.45) is 0 Å². The summed E-state index contributed by atoms with van der Waals surface area (Å²) in [5, 5.41) is -0.168. The maximum Gasteiger partial charge on any atom is 0.250 e. The molecule has 0 saturated heterocycles. The van der Waals surface area contributed by atoms with E-state index in [9.17, 15) is 13.2 Å². The SMILES string of the molecule is Cc1ccccc1Sc1nc(F)c(F)cc1F. The van der Waals surface area contributed by atoms with Crippen LogP contribution in [0.1, 0.15) is 5.56 Å². The van der Waals surface area contributed by atoms with Crippen LogP contribution in [0.2, 0.25) is 0 Å². The second-order valence-corrected chi connectivity index (χ2v) is 4.45. The standard InChI is InChI=1S/C12H8F3NS/c1-7-4-2-3-5-10(7)17-12-9(14)6-8(13)11(15)16-12/h2-6H,1H3. The quantitative estimate of drug-likeness (QED) is 0.753. The molecular weight excluding hydrogens is 247 g/mol. The topological polar surface area (TPSA) is 12.9 Å². The third-order valence-corrected chi connectivity index (χ3v) is 3.31. The Morgan fingerprint density at radius 1 is 1.06 bits per heavy atom. The van der Waals surface area contributed by atoms with Crippen LogP contribution in [0, 0.1) is 24.5 Å². The van der Waals surface area contributed by atoms with Crippen molar-refractivity contribution in [3.8, 4) is 0 Å². The molecular formula is C12H8F3NS. The lowest BCUT2D eigenvalue weighted by Gasteiger charge is -2.05. The molecule has 5 heteroatoms. The molecule has 0 aliphatic heterocycles. The molecule has 0 bridgehead atoms. The highest BCUT2D eigenvalue weighted by atomic mass is 32.2. The Morgan fingerprint density at radius 3 is 2.47 bits per heavy atom. The van der Waals surface area contributed by atoms with E-state index in [4.69, 9.17) is 0 Å². The van der Waals surface area contributed by atoms with Crippen molar-refractivity contribution >= 4 is 11.8 Å². The van der Waals surface area contributed by atoms with Crippen LogP contribution in [0.4, 0.5) is 13.2 Å². The monoisotopic (exact) mass is 255 g/mol. The number of aryl methyl sites for hydroxylation is 1. The van der Waals surface area contributed by atoms with Crippen LogP contribution in [0.3, 0.4) is 0 Å². The highest BCUT2D eigenvalue weighted by molar-refractivity contribution is 7.99. The number of halogens is 3. The second kappa shape index (κ2) is 4.79. The number of rotatable bonds is 2. The number of hydrogen-bond donors (Lipinski definition) is 0. The van der Waals surface area contributed by atoms with Crippen LogP contribution in [0.15, 0.2) is 40.3 Å². The summed E-state index contributed by atoms with van der Waals surface area (Å²) in [4.78, 5) is 4.01. The summed E-state index contributed by atoms with van der Waals surface area (Å²) in [5.74, 6) is -3.43. The summed E-state index contributed by atoms with van der Waals surface area (Å²) in [6.45, 7) is 1.85. The Kier molecular flexibility index (Phi) is 3.38. The predicted octanol–water partition coefficient (Wildman–Crippen LogP) is 3.96. The minimum absolute atomic E-state index is 0.168. The molecule has 0 spiro atoms. The first-order valence-electron chi connectivity index (χ1n) is 4.83. The summed E-state index contributed by atoms with van der Waals surface area (Å²) in [5.41, 5.74) is 0.920. The maximum atomic E-state index is 13.4. The number of aromatic nitrogens is 1. The van der Waals surface area contributed by atoms with Crippen molar-refractivity contribution in [3.63, 3.8) is 0 Å². The molecule has 0 fully saturated rings. The fourth-order valence-electron chi connectivity index (χ4n) is 1.28. The number of pyridine rings is 1. The zero-order chi connectivity index (χ0) is 12.4. The summed E-state index contributed by atoms with van der Waals surface area (Å²) in [6, 6.07) is 7.74. The van der Waals surface area contributed by atoms with Gasteiger partial charge in [-0.3, -0.25) is 0 Å². The molecule has 0 radical (unpaired) electrons. The number of hydrogen-bond acceptors (Lipinski definition) is 2. The van der Waals surface area contributed by atoms with Crippen LogP contribution in [0.25, 0.3) is 0 Å². The molecule has 1 heterocycles. The van der Waals surface area contributed by atoms with Crippen LogP contribution < -0.4 is 0 Å². The summed E-state index contributed by atoms with van der Waals surface area (Å²) in [7, 11) is 0. The van der Waals surface area contributed by atoms with Gasteiger partial charge in [0.2, 0.25) is 5.95 Å². The van der Waals surface area contributed by atoms with E-state index >= 15 is 0 Å². The lowest BCUT2D eigenvalue weighted by Crippen LogP contribution is -1.95. The van der Waals surface area contributed by atoms with E-state index in [0.29, 0.717) is 6.07 Å². The second-order valence-electron chi connectivity index (χ2n) is 3.42. The minimum atomic E-state index is -1.29. The van der Waals surface area contributed by atoms with Crippen molar-refractivity contribution in [3.05, 3.63) is 53.5 Å². The van der Waals surface area contributed by atoms with Gasteiger partial charge in [-0.15, -0.1) is 0 Å². The zero-order valence-electron chi connectivity index (χ0n) is 8.88. The van der Waals surface area contributed by atoms with E-state index in [2.05, 4.69) is 4.98 Å². The molecule has 2 rings (SSSR count). The Hall–Kier alpha value is -1.49. The average Bonchev–Trinajstić information content (AvgIpc) is 2.29. The largest absolute Gasteiger partial charge is 0.250 e. The molecule has 1 nitrogen and oxygen atoms in total. The Balaban J connectivity index is 2.37. The molecule has 1 aromatic heterocycles. The Bertz CT molecular complexity index is 557. The molecule has 0 aliphatic carbocycles. The summed E-state index contributed by atoms with van der Waals surface area (Å²) in [6.07, 6.45) is 0. The fourth-order valence-corrected chi connectivity index (χ4v) is 2.14. The van der Waals surface area contributed by atoms with Gasteiger partial charge >= 0.3 is 0 Å². The molecule has 0 N–H and O–H groups in total. The Morgan fingerprint density at radius 2 is 1.76 bits per heavy atom. The molecule has 88 valence electrons. The van der Waals surface area contributed by atoms with Gasteiger partial charge in [-0.2, -0.15) is 4.39 Å². The van der Waals surface area contributed by atoms with Gasteiger partial charge in [0.05, 0.1) is 0 Å². The van der Waals surface area contributed by atoms with Gasteiger partial charge in [-0.1, -0.05) is 30.0 Å². The molecule has 2 aromatic rings. The normalized spacial score (nSPS) is 10.6. The Labute approximate surface area is 101 Å². The van der Waals surface area contributed by atoms with Crippen molar-refractivity contribution in [1.29, 1.82) is 0 Å². The van der Waals surface area contributed by atoms with E-state index in [0.717, 1.165) is 22.2 Å². The molecule has 0 amide bonds. The van der Waals surface area contributed by atoms with Gasteiger partial charge in [-0.25, -0.2) is 13.8 Å². The summed E-state index contributed by atoms with van der Waals surface area (Å²) >= 11 is 0.971. The molecule has 0 unspecified atom stereocenters. The van der Waals surface area contributed by atoms with Crippen molar-refractivity contribution in [2.75, 3.05) is 0 Å². The molecule has 0 aliphatic rings. The van der Waals surface area contributed by atoms with Gasteiger partial charge in [0.1, 0.15) is 5.03 Å². The van der Waals surface area contributed by atoms with Gasteiger partial charge in [-0.05, 0) is 18.6 Å². The first kappa shape index (κ1) is 12.0. The maximum absolute atomic E-state index is 13.4. The molecule has 0 atom stereocenters. The highest BCUT2D eigenvalue weighted by Gasteiger charge is 2.13. The smallest absolute Gasteiger partial charge is 0.207 e. The fraction of sp³-hybridized carbons (Fsp3) is 0.0833. The van der Waals surface area contributed by atoms with Crippen LogP contribution in [0.5, 0.6) is 0 Å². The van der Waals surface area contributed by atoms with E-state index in [-0.39, 0.29) is 5.03 Å². The van der Waals surface area contributed by atoms with Crippen molar-refractivity contribution < 1.29 is 13.2 Å². The lowest BCUT2D eigenvalue weighted by molar-refractivity contribution is 0.448. The van der Waals surface area contributed by atoms with Crippen LogP contribution >= 0.6 is 11.8 Å².